The van der Waals surface area contributed by atoms with Gasteiger partial charge in [-0.3, -0.25) is 14.1 Å². The lowest BCUT2D eigenvalue weighted by Crippen LogP contribution is -2.11. The Bertz CT molecular complexity index is 1030. The van der Waals surface area contributed by atoms with Gasteiger partial charge in [0, 0.05) is 0 Å². The number of nitrogens with zero attached hydrogens (tertiary/aromatic N) is 1. The molecule has 2 N–H and O–H groups in total. The molecule has 0 aliphatic carbocycles. The monoisotopic (exact) mass is 359 g/mol. The summed E-state index contributed by atoms with van der Waals surface area (Å²) in [5, 5.41) is 22.7. The highest BCUT2D eigenvalue weighted by molar-refractivity contribution is 7.86. The SMILES string of the molecule is CC([O-])=Nc1cc(S(=O)(=O)O)cc2cc(S(=O)(=O)O)cc([O-])c12. The van der Waals surface area contributed by atoms with Gasteiger partial charge >= 0.3 is 0 Å². The van der Waals surface area contributed by atoms with Crippen LogP contribution < -0.4 is 10.2 Å². The Balaban J connectivity index is 3.02. The minimum absolute atomic E-state index is 0.222. The first kappa shape index (κ1) is 17.1. The van der Waals surface area contributed by atoms with Crippen LogP contribution in [-0.4, -0.2) is 31.8 Å². The van der Waals surface area contributed by atoms with Gasteiger partial charge in [-0.15, -0.1) is 0 Å². The normalized spacial score (nSPS) is 13.4. The van der Waals surface area contributed by atoms with Crippen LogP contribution in [0.5, 0.6) is 5.75 Å². The van der Waals surface area contributed by atoms with Crippen molar-refractivity contribution >= 4 is 42.6 Å². The molecule has 2 rings (SSSR count). The maximum atomic E-state index is 12.1. The molecule has 0 unspecified atom stereocenters. The van der Waals surface area contributed by atoms with Gasteiger partial charge in [0.15, 0.2) is 0 Å². The molecule has 0 amide bonds. The lowest BCUT2D eigenvalue weighted by atomic mass is 10.1. The van der Waals surface area contributed by atoms with Crippen LogP contribution in [0.15, 0.2) is 39.0 Å². The van der Waals surface area contributed by atoms with Gasteiger partial charge in [-0.05, 0) is 47.9 Å². The Hall–Kier alpha value is -2.21. The molecule has 0 aliphatic heterocycles. The van der Waals surface area contributed by atoms with Crippen molar-refractivity contribution in [1.82, 2.24) is 0 Å². The number of fused-ring (bicyclic) bond motifs is 1. The van der Waals surface area contributed by atoms with E-state index in [4.69, 9.17) is 9.11 Å². The number of hydrogen-bond donors (Lipinski definition) is 2. The summed E-state index contributed by atoms with van der Waals surface area (Å²) in [6.07, 6.45) is 0. The highest BCUT2D eigenvalue weighted by Crippen LogP contribution is 2.36. The fraction of sp³-hybridized carbons (Fsp3) is 0.0833. The zero-order valence-corrected chi connectivity index (χ0v) is 13.1. The van der Waals surface area contributed by atoms with Gasteiger partial charge in [-0.2, -0.15) is 16.8 Å². The first-order chi connectivity index (χ1) is 10.4. The minimum atomic E-state index is -4.71. The summed E-state index contributed by atoms with van der Waals surface area (Å²) >= 11 is 0. The van der Waals surface area contributed by atoms with Gasteiger partial charge in [-0.25, -0.2) is 0 Å². The molecule has 0 saturated carbocycles. The van der Waals surface area contributed by atoms with Gasteiger partial charge in [0.1, 0.15) is 0 Å². The Morgan fingerprint density at radius 2 is 1.48 bits per heavy atom. The summed E-state index contributed by atoms with van der Waals surface area (Å²) in [4.78, 5) is 2.05. The maximum absolute atomic E-state index is 12.1. The fourth-order valence-corrected chi connectivity index (χ4v) is 3.02. The molecule has 0 radical (unpaired) electrons. The van der Waals surface area contributed by atoms with Crippen LogP contribution in [0.2, 0.25) is 0 Å². The highest BCUT2D eigenvalue weighted by Gasteiger charge is 2.17. The molecule has 0 aromatic heterocycles. The lowest BCUT2D eigenvalue weighted by molar-refractivity contribution is -0.266. The van der Waals surface area contributed by atoms with Crippen molar-refractivity contribution in [2.75, 3.05) is 0 Å². The fourth-order valence-electron chi connectivity index (χ4n) is 1.96. The van der Waals surface area contributed by atoms with Crippen molar-refractivity contribution in [2.45, 2.75) is 16.7 Å². The number of benzene rings is 2. The van der Waals surface area contributed by atoms with Crippen LogP contribution >= 0.6 is 0 Å². The second-order valence-electron chi connectivity index (χ2n) is 4.54. The molecule has 2 aromatic rings. The van der Waals surface area contributed by atoms with Crippen LogP contribution in [0, 0.1) is 0 Å². The summed E-state index contributed by atoms with van der Waals surface area (Å²) in [7, 11) is -9.41. The smallest absolute Gasteiger partial charge is 0.294 e. The average Bonchev–Trinajstić information content (AvgIpc) is 2.34. The molecule has 124 valence electrons. The van der Waals surface area contributed by atoms with Crippen molar-refractivity contribution < 1.29 is 36.2 Å². The molecule has 2 aromatic carbocycles. The summed E-state index contributed by atoms with van der Waals surface area (Å²) < 4.78 is 62.9. The third kappa shape index (κ3) is 3.59. The molecule has 9 nitrogen and oxygen atoms in total. The molecular weight excluding hydrogens is 350 g/mol. The number of aliphatic imine (C=N–C) groups is 1. The maximum Gasteiger partial charge on any atom is 0.294 e. The first-order valence-corrected chi connectivity index (χ1v) is 8.74. The van der Waals surface area contributed by atoms with Crippen molar-refractivity contribution in [1.29, 1.82) is 0 Å². The van der Waals surface area contributed by atoms with E-state index in [0.29, 0.717) is 6.07 Å². The van der Waals surface area contributed by atoms with Crippen molar-refractivity contribution in [3.63, 3.8) is 0 Å². The molecule has 0 spiro atoms. The predicted octanol–water partition coefficient (Wildman–Crippen LogP) is -0.183. The Kier molecular flexibility index (Phi) is 4.07. The van der Waals surface area contributed by atoms with E-state index >= 15 is 0 Å². The second kappa shape index (κ2) is 5.45. The van der Waals surface area contributed by atoms with E-state index in [2.05, 4.69) is 4.99 Å². The Labute approximate surface area is 131 Å². The Morgan fingerprint density at radius 1 is 1.00 bits per heavy atom. The van der Waals surface area contributed by atoms with Crippen molar-refractivity contribution in [2.24, 2.45) is 4.99 Å². The topological polar surface area (TPSA) is 167 Å². The van der Waals surface area contributed by atoms with E-state index in [9.17, 15) is 27.0 Å². The number of hydrogen-bond acceptors (Lipinski definition) is 7. The van der Waals surface area contributed by atoms with E-state index in [-0.39, 0.29) is 16.5 Å². The van der Waals surface area contributed by atoms with Gasteiger partial charge in [0.2, 0.25) is 0 Å². The summed E-state index contributed by atoms with van der Waals surface area (Å²) in [6, 6.07) is 3.09. The van der Waals surface area contributed by atoms with Gasteiger partial charge in [0.05, 0.1) is 15.5 Å². The van der Waals surface area contributed by atoms with Crippen LogP contribution in [0.4, 0.5) is 5.69 Å². The predicted molar refractivity (Wildman–Crippen MR) is 75.8 cm³/mol. The van der Waals surface area contributed by atoms with Gasteiger partial charge < -0.3 is 10.2 Å². The zero-order chi connectivity index (χ0) is 17.6. The van der Waals surface area contributed by atoms with Crippen LogP contribution in [0.25, 0.3) is 10.8 Å². The molecular formula is C12H9NO8S2-2. The second-order valence-corrected chi connectivity index (χ2v) is 7.39. The standard InChI is InChI=1S/C12H11NO8S2/c1-6(14)13-10-4-8(22(16,17)18)2-7-3-9(23(19,20)21)5-11(15)12(7)10/h2-5,15H,1H3,(H,13,14)(H,16,17,18)(H,19,20,21)/p-2. The van der Waals surface area contributed by atoms with E-state index in [1.807, 2.05) is 0 Å². The zero-order valence-electron chi connectivity index (χ0n) is 11.4. The number of rotatable bonds is 3. The van der Waals surface area contributed by atoms with Gasteiger partial charge in [-0.1, -0.05) is 5.75 Å². The molecule has 0 atom stereocenters. The van der Waals surface area contributed by atoms with Crippen LogP contribution in [-0.2, 0) is 20.2 Å². The molecule has 11 heteroatoms. The van der Waals surface area contributed by atoms with Crippen LogP contribution in [0.3, 0.4) is 0 Å². The molecule has 0 aliphatic rings. The lowest BCUT2D eigenvalue weighted by Gasteiger charge is -2.16. The van der Waals surface area contributed by atoms with E-state index < -0.39 is 41.7 Å². The molecule has 23 heavy (non-hydrogen) atoms. The van der Waals surface area contributed by atoms with E-state index in [1.54, 1.807) is 0 Å². The summed E-state index contributed by atoms with van der Waals surface area (Å²) in [5.74, 6) is -1.63. The third-order valence-electron chi connectivity index (χ3n) is 2.81. The Morgan fingerprint density at radius 3 is 1.91 bits per heavy atom. The quantitative estimate of drug-likeness (QED) is 0.432. The molecule has 0 fully saturated rings. The molecule has 0 bridgehead atoms. The average molecular weight is 359 g/mol. The third-order valence-corrected chi connectivity index (χ3v) is 4.48. The van der Waals surface area contributed by atoms with E-state index in [0.717, 1.165) is 25.1 Å². The minimum Gasteiger partial charge on any atom is -0.872 e. The first-order valence-electron chi connectivity index (χ1n) is 5.85. The largest absolute Gasteiger partial charge is 0.872 e. The van der Waals surface area contributed by atoms with Gasteiger partial charge in [0.25, 0.3) is 20.2 Å². The molecule has 0 heterocycles. The van der Waals surface area contributed by atoms with Crippen molar-refractivity contribution in [3.8, 4) is 5.75 Å². The summed E-state index contributed by atoms with van der Waals surface area (Å²) in [6.45, 7) is 1.06. The molecule has 0 saturated heterocycles. The summed E-state index contributed by atoms with van der Waals surface area (Å²) in [5.41, 5.74) is -0.338. The van der Waals surface area contributed by atoms with Crippen LogP contribution in [0.1, 0.15) is 6.92 Å². The van der Waals surface area contributed by atoms with Crippen molar-refractivity contribution in [3.05, 3.63) is 24.3 Å². The van der Waals surface area contributed by atoms with E-state index in [1.165, 1.54) is 0 Å². The highest BCUT2D eigenvalue weighted by atomic mass is 32.2.